The Hall–Kier alpha value is -3.06. The summed E-state index contributed by atoms with van der Waals surface area (Å²) in [4.78, 5) is 4.52. The number of anilines is 2. The van der Waals surface area contributed by atoms with E-state index in [0.29, 0.717) is 23.6 Å². The van der Waals surface area contributed by atoms with Crippen LogP contribution in [0.5, 0.6) is 5.75 Å². The molecular weight excluding hydrogens is 362 g/mol. The van der Waals surface area contributed by atoms with Gasteiger partial charge in [-0.1, -0.05) is 30.3 Å². The first-order valence-electron chi connectivity index (χ1n) is 8.39. The second kappa shape index (κ2) is 8.09. The van der Waals surface area contributed by atoms with Gasteiger partial charge in [-0.3, -0.25) is 4.72 Å². The maximum atomic E-state index is 12.5. The van der Waals surface area contributed by atoms with Crippen molar-refractivity contribution in [2.24, 2.45) is 0 Å². The Bertz CT molecular complexity index is 1000. The van der Waals surface area contributed by atoms with Gasteiger partial charge in [-0.25, -0.2) is 13.4 Å². The van der Waals surface area contributed by atoms with E-state index in [1.807, 2.05) is 24.3 Å². The summed E-state index contributed by atoms with van der Waals surface area (Å²) < 4.78 is 32.7. The van der Waals surface area contributed by atoms with Gasteiger partial charge in [0.25, 0.3) is 10.0 Å². The van der Waals surface area contributed by atoms with E-state index in [4.69, 9.17) is 4.74 Å². The summed E-state index contributed by atoms with van der Waals surface area (Å²) in [6.07, 6.45) is 1.49. The Morgan fingerprint density at radius 1 is 1.00 bits per heavy atom. The van der Waals surface area contributed by atoms with E-state index >= 15 is 0 Å². The highest BCUT2D eigenvalue weighted by molar-refractivity contribution is 7.92. The molecule has 0 bridgehead atoms. The lowest BCUT2D eigenvalue weighted by Gasteiger charge is -2.11. The van der Waals surface area contributed by atoms with Gasteiger partial charge in [-0.2, -0.15) is 0 Å². The average molecular weight is 383 g/mol. The number of nitrogens with one attached hydrogen (secondary N) is 2. The number of hydrogen-bond acceptors (Lipinski definition) is 5. The molecule has 0 aliphatic carbocycles. The van der Waals surface area contributed by atoms with E-state index in [2.05, 4.69) is 15.0 Å². The molecular formula is C20H21N3O3S. The number of sulfonamides is 1. The standard InChI is InChI=1S/C20H21N3O3S/c1-15-5-3-4-6-19(15)27(24,25)23-17-9-12-20(22-14-17)21-13-16-7-10-18(26-2)11-8-16/h3-12,14,23H,13H2,1-2H3,(H,21,22). The van der Waals surface area contributed by atoms with Crippen molar-refractivity contribution in [3.8, 4) is 5.75 Å². The number of ether oxygens (including phenoxy) is 1. The Balaban J connectivity index is 1.64. The summed E-state index contributed by atoms with van der Waals surface area (Å²) in [5.41, 5.74) is 2.19. The molecule has 1 heterocycles. The van der Waals surface area contributed by atoms with Crippen molar-refractivity contribution in [3.05, 3.63) is 78.0 Å². The first-order valence-corrected chi connectivity index (χ1v) is 9.87. The summed E-state index contributed by atoms with van der Waals surface area (Å²) >= 11 is 0. The zero-order chi connectivity index (χ0) is 19.3. The number of nitrogens with zero attached hydrogens (tertiary/aromatic N) is 1. The number of aryl methyl sites for hydroxylation is 1. The number of methoxy groups -OCH3 is 1. The molecule has 0 aliphatic rings. The number of aromatic nitrogens is 1. The first kappa shape index (κ1) is 18.7. The maximum absolute atomic E-state index is 12.5. The third-order valence-corrected chi connectivity index (χ3v) is 5.57. The largest absolute Gasteiger partial charge is 0.497 e. The minimum atomic E-state index is -3.64. The summed E-state index contributed by atoms with van der Waals surface area (Å²) in [5.74, 6) is 1.46. The molecule has 0 saturated carbocycles. The number of benzene rings is 2. The SMILES string of the molecule is COc1ccc(CNc2ccc(NS(=O)(=O)c3ccccc3C)cn2)cc1. The Kier molecular flexibility index (Phi) is 5.61. The highest BCUT2D eigenvalue weighted by atomic mass is 32.2. The van der Waals surface area contributed by atoms with Crippen LogP contribution in [-0.4, -0.2) is 20.5 Å². The Morgan fingerprint density at radius 2 is 1.74 bits per heavy atom. The van der Waals surface area contributed by atoms with Crippen LogP contribution in [0.4, 0.5) is 11.5 Å². The molecule has 2 aromatic carbocycles. The molecule has 3 aromatic rings. The summed E-state index contributed by atoms with van der Waals surface area (Å²) in [7, 11) is -2.01. The van der Waals surface area contributed by atoms with Gasteiger partial charge >= 0.3 is 0 Å². The fourth-order valence-electron chi connectivity index (χ4n) is 2.56. The first-order chi connectivity index (χ1) is 13.0. The fraction of sp³-hybridized carbons (Fsp3) is 0.150. The zero-order valence-electron chi connectivity index (χ0n) is 15.1. The van der Waals surface area contributed by atoms with Gasteiger partial charge in [-0.15, -0.1) is 0 Å². The molecule has 0 amide bonds. The van der Waals surface area contributed by atoms with Crippen LogP contribution in [0.1, 0.15) is 11.1 Å². The predicted molar refractivity (Wildman–Crippen MR) is 107 cm³/mol. The summed E-state index contributed by atoms with van der Waals surface area (Å²) in [6, 6.07) is 18.0. The second-order valence-electron chi connectivity index (χ2n) is 6.00. The summed E-state index contributed by atoms with van der Waals surface area (Å²) in [5, 5.41) is 3.20. The van der Waals surface area contributed by atoms with E-state index in [0.717, 1.165) is 11.3 Å². The molecule has 6 nitrogen and oxygen atoms in total. The molecule has 7 heteroatoms. The van der Waals surface area contributed by atoms with Crippen molar-refractivity contribution in [2.75, 3.05) is 17.1 Å². The highest BCUT2D eigenvalue weighted by Crippen LogP contribution is 2.19. The molecule has 0 atom stereocenters. The van der Waals surface area contributed by atoms with Crippen LogP contribution in [0.25, 0.3) is 0 Å². The van der Waals surface area contributed by atoms with Gasteiger partial charge in [0, 0.05) is 6.54 Å². The van der Waals surface area contributed by atoms with Crippen LogP contribution in [0, 0.1) is 6.92 Å². The van der Waals surface area contributed by atoms with Crippen LogP contribution >= 0.6 is 0 Å². The van der Waals surface area contributed by atoms with Crippen LogP contribution < -0.4 is 14.8 Å². The molecule has 0 fully saturated rings. The second-order valence-corrected chi connectivity index (χ2v) is 7.66. The van der Waals surface area contributed by atoms with Crippen molar-refractivity contribution in [2.45, 2.75) is 18.4 Å². The molecule has 27 heavy (non-hydrogen) atoms. The maximum Gasteiger partial charge on any atom is 0.262 e. The lowest BCUT2D eigenvalue weighted by molar-refractivity contribution is 0.414. The molecule has 3 rings (SSSR count). The van der Waals surface area contributed by atoms with Crippen LogP contribution in [0.3, 0.4) is 0 Å². The van der Waals surface area contributed by atoms with Gasteiger partial charge in [0.2, 0.25) is 0 Å². The summed E-state index contributed by atoms with van der Waals surface area (Å²) in [6.45, 7) is 2.37. The normalized spacial score (nSPS) is 11.0. The minimum absolute atomic E-state index is 0.256. The topological polar surface area (TPSA) is 80.3 Å². The number of pyridine rings is 1. The number of hydrogen-bond donors (Lipinski definition) is 2. The van der Waals surface area contributed by atoms with Crippen LogP contribution in [0.15, 0.2) is 71.8 Å². The van der Waals surface area contributed by atoms with Crippen LogP contribution in [0.2, 0.25) is 0 Å². The smallest absolute Gasteiger partial charge is 0.262 e. The van der Waals surface area contributed by atoms with Crippen molar-refractivity contribution < 1.29 is 13.2 Å². The Labute approximate surface area is 159 Å². The van der Waals surface area contributed by atoms with E-state index in [9.17, 15) is 8.42 Å². The molecule has 140 valence electrons. The van der Waals surface area contributed by atoms with Gasteiger partial charge in [0.15, 0.2) is 0 Å². The van der Waals surface area contributed by atoms with E-state index in [-0.39, 0.29) is 4.90 Å². The van der Waals surface area contributed by atoms with E-state index in [1.165, 1.54) is 6.20 Å². The molecule has 2 N–H and O–H groups in total. The van der Waals surface area contributed by atoms with Crippen LogP contribution in [-0.2, 0) is 16.6 Å². The van der Waals surface area contributed by atoms with Gasteiger partial charge in [0.05, 0.1) is 23.9 Å². The van der Waals surface area contributed by atoms with Gasteiger partial charge in [0.1, 0.15) is 11.6 Å². The molecule has 0 radical (unpaired) electrons. The lowest BCUT2D eigenvalue weighted by atomic mass is 10.2. The average Bonchev–Trinajstić information content (AvgIpc) is 2.68. The van der Waals surface area contributed by atoms with Crippen molar-refractivity contribution in [1.29, 1.82) is 0 Å². The lowest BCUT2D eigenvalue weighted by Crippen LogP contribution is -2.14. The molecule has 0 saturated heterocycles. The van der Waals surface area contributed by atoms with Gasteiger partial charge < -0.3 is 10.1 Å². The molecule has 0 spiro atoms. The number of rotatable bonds is 7. The Morgan fingerprint density at radius 3 is 2.37 bits per heavy atom. The minimum Gasteiger partial charge on any atom is -0.497 e. The molecule has 0 unspecified atom stereocenters. The van der Waals surface area contributed by atoms with Crippen molar-refractivity contribution in [1.82, 2.24) is 4.98 Å². The zero-order valence-corrected chi connectivity index (χ0v) is 16.0. The fourth-order valence-corrected chi connectivity index (χ4v) is 3.85. The monoisotopic (exact) mass is 383 g/mol. The van der Waals surface area contributed by atoms with Crippen molar-refractivity contribution >= 4 is 21.5 Å². The quantitative estimate of drug-likeness (QED) is 0.648. The molecule has 1 aromatic heterocycles. The van der Waals surface area contributed by atoms with E-state index < -0.39 is 10.0 Å². The predicted octanol–water partition coefficient (Wildman–Crippen LogP) is 3.81. The molecule has 0 aliphatic heterocycles. The van der Waals surface area contributed by atoms with Crippen molar-refractivity contribution in [3.63, 3.8) is 0 Å². The third kappa shape index (κ3) is 4.77. The van der Waals surface area contributed by atoms with E-state index in [1.54, 1.807) is 50.4 Å². The third-order valence-electron chi connectivity index (χ3n) is 4.03. The highest BCUT2D eigenvalue weighted by Gasteiger charge is 2.16. The van der Waals surface area contributed by atoms with Gasteiger partial charge in [-0.05, 0) is 48.4 Å².